The smallest absolute Gasteiger partial charge is 0.128 e. The molecule has 84 valence electrons. The molecule has 3 heteroatoms. The lowest BCUT2D eigenvalue weighted by atomic mass is 9.88. The second kappa shape index (κ2) is 3.79. The second-order valence-corrected chi connectivity index (χ2v) is 5.39. The molecule has 1 aromatic heterocycles. The molecular formula is C13H17N3. The normalized spacial score (nSPS) is 16.8. The van der Waals surface area contributed by atoms with Gasteiger partial charge in [0.1, 0.15) is 5.82 Å². The summed E-state index contributed by atoms with van der Waals surface area (Å²) in [6.45, 7) is 8.17. The molecule has 2 heterocycles. The first-order valence-corrected chi connectivity index (χ1v) is 5.62. The number of anilines is 1. The van der Waals surface area contributed by atoms with Gasteiger partial charge in [-0.05, 0) is 17.0 Å². The number of nitriles is 1. The second-order valence-electron chi connectivity index (χ2n) is 5.39. The SMILES string of the molecule is CC(C)(C)c1ccc(N2CC(C#N)C2)nc1. The molecule has 0 radical (unpaired) electrons. The number of hydrogen-bond acceptors (Lipinski definition) is 3. The predicted octanol–water partition coefficient (Wildman–Crippen LogP) is 2.34. The molecule has 16 heavy (non-hydrogen) atoms. The van der Waals surface area contributed by atoms with Gasteiger partial charge in [0.25, 0.3) is 0 Å². The molecule has 0 bridgehead atoms. The topological polar surface area (TPSA) is 39.9 Å². The highest BCUT2D eigenvalue weighted by Crippen LogP contribution is 2.26. The van der Waals surface area contributed by atoms with Crippen LogP contribution in [0.2, 0.25) is 0 Å². The van der Waals surface area contributed by atoms with Crippen molar-refractivity contribution in [2.45, 2.75) is 26.2 Å². The van der Waals surface area contributed by atoms with E-state index in [1.165, 1.54) is 5.56 Å². The van der Waals surface area contributed by atoms with E-state index < -0.39 is 0 Å². The Morgan fingerprint density at radius 1 is 1.38 bits per heavy atom. The van der Waals surface area contributed by atoms with Crippen molar-refractivity contribution in [1.82, 2.24) is 4.98 Å². The van der Waals surface area contributed by atoms with Gasteiger partial charge in [-0.1, -0.05) is 26.8 Å². The highest BCUT2D eigenvalue weighted by molar-refractivity contribution is 5.44. The molecule has 0 aromatic carbocycles. The third-order valence-electron chi connectivity index (χ3n) is 3.00. The minimum Gasteiger partial charge on any atom is -0.354 e. The van der Waals surface area contributed by atoms with Crippen LogP contribution in [0.1, 0.15) is 26.3 Å². The van der Waals surface area contributed by atoms with Gasteiger partial charge in [0.2, 0.25) is 0 Å². The third kappa shape index (κ3) is 2.01. The fourth-order valence-corrected chi connectivity index (χ4v) is 1.76. The Morgan fingerprint density at radius 3 is 2.50 bits per heavy atom. The summed E-state index contributed by atoms with van der Waals surface area (Å²) < 4.78 is 0. The summed E-state index contributed by atoms with van der Waals surface area (Å²) in [6.07, 6.45) is 1.94. The molecule has 0 saturated carbocycles. The molecule has 2 rings (SSSR count). The molecule has 0 aliphatic carbocycles. The molecule has 3 nitrogen and oxygen atoms in total. The van der Waals surface area contributed by atoms with Gasteiger partial charge < -0.3 is 4.90 Å². The first-order chi connectivity index (χ1) is 7.50. The Hall–Kier alpha value is -1.56. The van der Waals surface area contributed by atoms with Gasteiger partial charge in [-0.15, -0.1) is 0 Å². The molecule has 0 amide bonds. The number of nitrogens with zero attached hydrogens (tertiary/aromatic N) is 3. The van der Waals surface area contributed by atoms with Crippen molar-refractivity contribution in [2.75, 3.05) is 18.0 Å². The maximum atomic E-state index is 8.70. The number of aromatic nitrogens is 1. The number of hydrogen-bond donors (Lipinski definition) is 0. The van der Waals surface area contributed by atoms with Crippen molar-refractivity contribution < 1.29 is 0 Å². The monoisotopic (exact) mass is 215 g/mol. The molecule has 0 spiro atoms. The zero-order chi connectivity index (χ0) is 11.8. The molecular weight excluding hydrogens is 198 g/mol. The van der Waals surface area contributed by atoms with Crippen molar-refractivity contribution in [3.05, 3.63) is 23.9 Å². The van der Waals surface area contributed by atoms with Gasteiger partial charge >= 0.3 is 0 Å². The van der Waals surface area contributed by atoms with Gasteiger partial charge in [-0.3, -0.25) is 0 Å². The van der Waals surface area contributed by atoms with E-state index in [0.717, 1.165) is 18.9 Å². The van der Waals surface area contributed by atoms with Crippen LogP contribution < -0.4 is 4.90 Å². The molecule has 0 unspecified atom stereocenters. The van der Waals surface area contributed by atoms with Crippen LogP contribution in [0.4, 0.5) is 5.82 Å². The molecule has 0 atom stereocenters. The standard InChI is InChI=1S/C13H17N3/c1-13(2,3)11-4-5-12(15-7-11)16-8-10(6-14)9-16/h4-5,7,10H,8-9H2,1-3H3. The zero-order valence-electron chi connectivity index (χ0n) is 10.1. The summed E-state index contributed by atoms with van der Waals surface area (Å²) in [5.41, 5.74) is 1.39. The van der Waals surface area contributed by atoms with Gasteiger partial charge in [-0.2, -0.15) is 5.26 Å². The largest absolute Gasteiger partial charge is 0.354 e. The van der Waals surface area contributed by atoms with E-state index in [-0.39, 0.29) is 11.3 Å². The summed E-state index contributed by atoms with van der Waals surface area (Å²) in [7, 11) is 0. The summed E-state index contributed by atoms with van der Waals surface area (Å²) in [5.74, 6) is 1.17. The van der Waals surface area contributed by atoms with Crippen LogP contribution in [0.25, 0.3) is 0 Å². The Labute approximate surface area is 96.7 Å². The van der Waals surface area contributed by atoms with Gasteiger partial charge in [0, 0.05) is 19.3 Å². The maximum absolute atomic E-state index is 8.70. The van der Waals surface area contributed by atoms with E-state index in [9.17, 15) is 0 Å². The molecule has 1 aliphatic rings. The van der Waals surface area contributed by atoms with Gasteiger partial charge in [0.15, 0.2) is 0 Å². The van der Waals surface area contributed by atoms with Gasteiger partial charge in [-0.25, -0.2) is 4.98 Å². The summed E-state index contributed by atoms with van der Waals surface area (Å²) in [5, 5.41) is 8.70. The van der Waals surface area contributed by atoms with Crippen LogP contribution in [0, 0.1) is 17.2 Å². The van der Waals surface area contributed by atoms with Crippen LogP contribution in [0.15, 0.2) is 18.3 Å². The lowest BCUT2D eigenvalue weighted by molar-refractivity contribution is 0.499. The summed E-state index contributed by atoms with van der Waals surface area (Å²) >= 11 is 0. The van der Waals surface area contributed by atoms with Crippen LogP contribution >= 0.6 is 0 Å². The van der Waals surface area contributed by atoms with E-state index in [1.807, 2.05) is 12.3 Å². The minimum atomic E-state index is 0.148. The molecule has 1 aromatic rings. The van der Waals surface area contributed by atoms with Crippen molar-refractivity contribution in [3.8, 4) is 6.07 Å². The predicted molar refractivity (Wildman–Crippen MR) is 64.3 cm³/mol. The van der Waals surface area contributed by atoms with E-state index in [2.05, 4.69) is 42.8 Å². The van der Waals surface area contributed by atoms with E-state index in [4.69, 9.17) is 5.26 Å². The maximum Gasteiger partial charge on any atom is 0.128 e. The van der Waals surface area contributed by atoms with Crippen LogP contribution in [0.3, 0.4) is 0 Å². The lowest BCUT2D eigenvalue weighted by Gasteiger charge is -2.36. The van der Waals surface area contributed by atoms with E-state index >= 15 is 0 Å². The average molecular weight is 215 g/mol. The fourth-order valence-electron chi connectivity index (χ4n) is 1.76. The fraction of sp³-hybridized carbons (Fsp3) is 0.538. The number of rotatable bonds is 1. The van der Waals surface area contributed by atoms with Gasteiger partial charge in [0.05, 0.1) is 12.0 Å². The van der Waals surface area contributed by atoms with E-state index in [0.29, 0.717) is 0 Å². The average Bonchev–Trinajstić information content (AvgIpc) is 2.15. The molecule has 0 N–H and O–H groups in total. The van der Waals surface area contributed by atoms with E-state index in [1.54, 1.807) is 0 Å². The van der Waals surface area contributed by atoms with Crippen molar-refractivity contribution in [1.29, 1.82) is 5.26 Å². The Balaban J connectivity index is 2.07. The van der Waals surface area contributed by atoms with Crippen molar-refractivity contribution in [2.24, 2.45) is 5.92 Å². The lowest BCUT2D eigenvalue weighted by Crippen LogP contribution is -2.46. The molecule has 1 aliphatic heterocycles. The highest BCUT2D eigenvalue weighted by Gasteiger charge is 2.27. The summed E-state index contributed by atoms with van der Waals surface area (Å²) in [4.78, 5) is 6.59. The zero-order valence-corrected chi connectivity index (χ0v) is 10.1. The van der Waals surface area contributed by atoms with Crippen molar-refractivity contribution >= 4 is 5.82 Å². The Kier molecular flexibility index (Phi) is 2.59. The van der Waals surface area contributed by atoms with Crippen LogP contribution in [0.5, 0.6) is 0 Å². The summed E-state index contributed by atoms with van der Waals surface area (Å²) in [6, 6.07) is 6.44. The highest BCUT2D eigenvalue weighted by atomic mass is 15.2. The van der Waals surface area contributed by atoms with Crippen LogP contribution in [-0.2, 0) is 5.41 Å². The molecule has 1 fully saturated rings. The van der Waals surface area contributed by atoms with Crippen molar-refractivity contribution in [3.63, 3.8) is 0 Å². The Bertz CT molecular complexity index is 402. The number of pyridine rings is 1. The first-order valence-electron chi connectivity index (χ1n) is 5.62. The minimum absolute atomic E-state index is 0.148. The molecule has 1 saturated heterocycles. The first kappa shape index (κ1) is 10.9. The van der Waals surface area contributed by atoms with Crippen LogP contribution in [-0.4, -0.2) is 18.1 Å². The quantitative estimate of drug-likeness (QED) is 0.722. The Morgan fingerprint density at radius 2 is 2.06 bits per heavy atom. The third-order valence-corrected chi connectivity index (χ3v) is 3.00.